The number of piperazine rings is 1. The summed E-state index contributed by atoms with van der Waals surface area (Å²) in [5.74, 6) is 0. The molecule has 58 valence electrons. The summed E-state index contributed by atoms with van der Waals surface area (Å²) in [4.78, 5) is 0. The molecule has 0 aromatic rings. The summed E-state index contributed by atoms with van der Waals surface area (Å²) in [6, 6.07) is 0. The van der Waals surface area contributed by atoms with Crippen LogP contribution in [-0.2, 0) is 0 Å². The molecule has 2 fully saturated rings. The smallest absolute Gasteiger partial charge is 0.0872 e. The molecule has 4 nitrogen and oxygen atoms in total. The molecule has 0 saturated carbocycles. The van der Waals surface area contributed by atoms with Crippen molar-refractivity contribution in [2.45, 2.75) is 19.3 Å². The largest absolute Gasteiger partial charge is 0.312 e. The molecule has 2 heterocycles. The van der Waals surface area contributed by atoms with E-state index in [4.69, 9.17) is 0 Å². The molecule has 2 unspecified atom stereocenters. The van der Waals surface area contributed by atoms with Crippen molar-refractivity contribution in [2.75, 3.05) is 19.6 Å². The lowest BCUT2D eigenvalue weighted by atomic mass is 10.3. The van der Waals surface area contributed by atoms with Crippen LogP contribution < -0.4 is 16.1 Å². The first-order valence-electron chi connectivity index (χ1n) is 3.86. The van der Waals surface area contributed by atoms with Crippen molar-refractivity contribution in [3.63, 3.8) is 0 Å². The minimum absolute atomic E-state index is 0.435. The first kappa shape index (κ1) is 6.54. The van der Waals surface area contributed by atoms with Crippen LogP contribution in [0.15, 0.2) is 0 Å². The van der Waals surface area contributed by atoms with Crippen molar-refractivity contribution in [1.82, 2.24) is 21.1 Å². The van der Waals surface area contributed by atoms with E-state index in [0.29, 0.717) is 12.3 Å². The van der Waals surface area contributed by atoms with Gasteiger partial charge in [-0.05, 0) is 6.92 Å². The summed E-state index contributed by atoms with van der Waals surface area (Å²) in [5.41, 5.74) is 3.34. The number of nitrogens with one attached hydrogen (secondary N) is 3. The fourth-order valence-electron chi connectivity index (χ4n) is 1.58. The van der Waals surface area contributed by atoms with Crippen molar-refractivity contribution in [1.29, 1.82) is 0 Å². The quantitative estimate of drug-likeness (QED) is 0.392. The second kappa shape index (κ2) is 2.47. The monoisotopic (exact) mass is 142 g/mol. The van der Waals surface area contributed by atoms with Gasteiger partial charge in [-0.2, -0.15) is 0 Å². The van der Waals surface area contributed by atoms with Gasteiger partial charge >= 0.3 is 0 Å². The molecule has 0 bridgehead atoms. The Hall–Kier alpha value is -0.160. The molecule has 0 aromatic carbocycles. The lowest BCUT2D eigenvalue weighted by Gasteiger charge is -2.28. The molecule has 0 aliphatic carbocycles. The van der Waals surface area contributed by atoms with Crippen molar-refractivity contribution in [2.24, 2.45) is 0 Å². The predicted octanol–water partition coefficient (Wildman–Crippen LogP) is -1.33. The molecule has 0 spiro atoms. The maximum atomic E-state index is 3.41. The number of hydrogen-bond acceptors (Lipinski definition) is 4. The molecule has 0 aromatic heterocycles. The van der Waals surface area contributed by atoms with Crippen molar-refractivity contribution in [3.05, 3.63) is 0 Å². The highest BCUT2D eigenvalue weighted by molar-refractivity contribution is 4.82. The average molecular weight is 142 g/mol. The van der Waals surface area contributed by atoms with Crippen LogP contribution in [0.2, 0.25) is 0 Å². The summed E-state index contributed by atoms with van der Waals surface area (Å²) < 4.78 is 0. The third kappa shape index (κ3) is 1.03. The lowest BCUT2D eigenvalue weighted by molar-refractivity contribution is 0.145. The first-order chi connectivity index (χ1) is 4.86. The van der Waals surface area contributed by atoms with Crippen LogP contribution in [0.4, 0.5) is 0 Å². The normalized spacial score (nSPS) is 41.7. The lowest BCUT2D eigenvalue weighted by Crippen LogP contribution is -2.53. The van der Waals surface area contributed by atoms with E-state index in [1.807, 2.05) is 0 Å². The Labute approximate surface area is 60.9 Å². The highest BCUT2D eigenvalue weighted by atomic mass is 15.7. The number of nitrogens with zero attached hydrogens (tertiary/aromatic N) is 1. The van der Waals surface area contributed by atoms with Gasteiger partial charge in [0.15, 0.2) is 0 Å². The topological polar surface area (TPSA) is 39.3 Å². The Morgan fingerprint density at radius 3 is 3.20 bits per heavy atom. The maximum Gasteiger partial charge on any atom is 0.0872 e. The zero-order valence-corrected chi connectivity index (χ0v) is 6.22. The molecule has 2 aliphatic heterocycles. The van der Waals surface area contributed by atoms with Crippen LogP contribution in [0.3, 0.4) is 0 Å². The molecule has 3 N–H and O–H groups in total. The predicted molar refractivity (Wildman–Crippen MR) is 39.1 cm³/mol. The van der Waals surface area contributed by atoms with Gasteiger partial charge in [0.05, 0.1) is 12.3 Å². The van der Waals surface area contributed by atoms with E-state index in [-0.39, 0.29) is 0 Å². The van der Waals surface area contributed by atoms with Crippen LogP contribution in [0.5, 0.6) is 0 Å². The van der Waals surface area contributed by atoms with Gasteiger partial charge in [0, 0.05) is 19.6 Å². The van der Waals surface area contributed by atoms with Gasteiger partial charge in [-0.15, -0.1) is 0 Å². The summed E-state index contributed by atoms with van der Waals surface area (Å²) in [7, 11) is 0. The second-order valence-corrected chi connectivity index (χ2v) is 2.93. The van der Waals surface area contributed by atoms with E-state index in [2.05, 4.69) is 28.0 Å². The fourth-order valence-corrected chi connectivity index (χ4v) is 1.58. The molecule has 0 amide bonds. The van der Waals surface area contributed by atoms with Crippen LogP contribution in [0.25, 0.3) is 0 Å². The van der Waals surface area contributed by atoms with Crippen LogP contribution >= 0.6 is 0 Å². The van der Waals surface area contributed by atoms with E-state index in [0.717, 1.165) is 19.6 Å². The van der Waals surface area contributed by atoms with Gasteiger partial charge < -0.3 is 5.32 Å². The fraction of sp³-hybridized carbons (Fsp3) is 1.00. The molecule has 4 heteroatoms. The minimum Gasteiger partial charge on any atom is -0.312 e. The van der Waals surface area contributed by atoms with E-state index in [1.165, 1.54) is 0 Å². The summed E-state index contributed by atoms with van der Waals surface area (Å²) >= 11 is 0. The molecule has 0 radical (unpaired) electrons. The van der Waals surface area contributed by atoms with E-state index < -0.39 is 0 Å². The Morgan fingerprint density at radius 2 is 2.40 bits per heavy atom. The van der Waals surface area contributed by atoms with E-state index in [1.54, 1.807) is 0 Å². The van der Waals surface area contributed by atoms with Gasteiger partial charge in [-0.25, -0.2) is 10.4 Å². The highest BCUT2D eigenvalue weighted by Gasteiger charge is 2.29. The zero-order valence-electron chi connectivity index (χ0n) is 6.22. The van der Waals surface area contributed by atoms with Gasteiger partial charge in [0.25, 0.3) is 0 Å². The number of rotatable bonds is 0. The maximum absolute atomic E-state index is 3.41. The Kier molecular flexibility index (Phi) is 1.61. The minimum atomic E-state index is 0.435. The molecule has 2 rings (SSSR count). The highest BCUT2D eigenvalue weighted by Crippen LogP contribution is 2.03. The molecule has 2 atom stereocenters. The van der Waals surface area contributed by atoms with Crippen molar-refractivity contribution in [3.8, 4) is 0 Å². The average Bonchev–Trinajstić information content (AvgIpc) is 2.27. The Bertz CT molecular complexity index is 113. The summed E-state index contributed by atoms with van der Waals surface area (Å²) in [6.45, 7) is 5.38. The second-order valence-electron chi connectivity index (χ2n) is 2.93. The number of hydrogen-bond donors (Lipinski definition) is 3. The van der Waals surface area contributed by atoms with Crippen molar-refractivity contribution < 1.29 is 0 Å². The van der Waals surface area contributed by atoms with Gasteiger partial charge in [0.1, 0.15) is 0 Å². The number of fused-ring (bicyclic) bond motifs is 1. The van der Waals surface area contributed by atoms with Gasteiger partial charge in [-0.3, -0.25) is 5.32 Å². The number of hydrazine groups is 1. The standard InChI is InChI=1S/C6H14N4/c1-5-8-6-4-7-2-3-10(6)9-5/h5-9H,2-4H2,1H3. The Morgan fingerprint density at radius 1 is 1.50 bits per heavy atom. The van der Waals surface area contributed by atoms with Gasteiger partial charge in [-0.1, -0.05) is 0 Å². The third-order valence-corrected chi connectivity index (χ3v) is 2.05. The summed E-state index contributed by atoms with van der Waals surface area (Å²) in [6.07, 6.45) is 0.939. The first-order valence-corrected chi connectivity index (χ1v) is 3.86. The summed E-state index contributed by atoms with van der Waals surface area (Å²) in [5, 5.41) is 9.01. The van der Waals surface area contributed by atoms with Gasteiger partial charge in [0.2, 0.25) is 0 Å². The molecule has 2 aliphatic rings. The van der Waals surface area contributed by atoms with E-state index in [9.17, 15) is 0 Å². The van der Waals surface area contributed by atoms with Crippen LogP contribution in [0, 0.1) is 0 Å². The molecular formula is C6H14N4. The third-order valence-electron chi connectivity index (χ3n) is 2.05. The molecular weight excluding hydrogens is 128 g/mol. The Balaban J connectivity index is 1.97. The van der Waals surface area contributed by atoms with Crippen LogP contribution in [0.1, 0.15) is 6.92 Å². The van der Waals surface area contributed by atoms with E-state index >= 15 is 0 Å². The molecule has 2 saturated heterocycles. The van der Waals surface area contributed by atoms with Crippen molar-refractivity contribution >= 4 is 0 Å². The molecule has 10 heavy (non-hydrogen) atoms. The van der Waals surface area contributed by atoms with Crippen LogP contribution in [-0.4, -0.2) is 37.0 Å². The SMILES string of the molecule is CC1NC2CNCCN2N1. The zero-order chi connectivity index (χ0) is 6.97.